The first kappa shape index (κ1) is 21.6. The monoisotopic (exact) mass is 386 g/mol. The predicted molar refractivity (Wildman–Crippen MR) is 92.9 cm³/mol. The summed E-state index contributed by atoms with van der Waals surface area (Å²) in [6, 6.07) is 4.49. The van der Waals surface area contributed by atoms with E-state index < -0.39 is 33.8 Å². The van der Waals surface area contributed by atoms with E-state index >= 15 is 0 Å². The minimum atomic E-state index is -3.97. The molecule has 1 aromatic rings. The lowest BCUT2D eigenvalue weighted by atomic mass is 10.1. The van der Waals surface area contributed by atoms with Crippen LogP contribution >= 0.6 is 0 Å². The molecule has 144 valence electrons. The van der Waals surface area contributed by atoms with Crippen molar-refractivity contribution in [1.82, 2.24) is 9.62 Å². The van der Waals surface area contributed by atoms with E-state index in [9.17, 15) is 27.9 Å². The first-order valence-electron chi connectivity index (χ1n) is 7.72. The third kappa shape index (κ3) is 6.12. The van der Waals surface area contributed by atoms with E-state index in [-0.39, 0.29) is 24.6 Å². The van der Waals surface area contributed by atoms with Gasteiger partial charge in [0.25, 0.3) is 0 Å². The first-order valence-corrected chi connectivity index (χ1v) is 9.33. The lowest BCUT2D eigenvalue weighted by molar-refractivity contribution is -0.140. The van der Waals surface area contributed by atoms with Gasteiger partial charge in [-0.2, -0.15) is 4.31 Å². The third-order valence-corrected chi connectivity index (χ3v) is 5.49. The Kier molecular flexibility index (Phi) is 7.72. The Labute approximate surface area is 152 Å². The number of benzene rings is 1. The van der Waals surface area contributed by atoms with Crippen molar-refractivity contribution in [1.29, 1.82) is 0 Å². The van der Waals surface area contributed by atoms with Crippen molar-refractivity contribution >= 4 is 27.9 Å². The number of aliphatic carboxylic acids is 1. The van der Waals surface area contributed by atoms with Crippen LogP contribution in [-0.4, -0.2) is 61.9 Å². The Morgan fingerprint density at radius 1 is 1.23 bits per heavy atom. The van der Waals surface area contributed by atoms with Crippen molar-refractivity contribution in [3.8, 4) is 0 Å². The average Bonchev–Trinajstić information content (AvgIpc) is 2.57. The molecule has 1 atom stereocenters. The standard InChI is InChI=1S/C16H22N2O7S/c1-11(15(20)21)18(9-8-17-12(2)19)26(23,24)10-13-4-6-14(7-5-13)16(22)25-3/h4-7,11H,8-10H2,1-3H3,(H,17,19)(H,20,21). The predicted octanol–water partition coefficient (Wildman–Crippen LogP) is 0.214. The number of hydrogen-bond donors (Lipinski definition) is 2. The van der Waals surface area contributed by atoms with Gasteiger partial charge < -0.3 is 15.2 Å². The molecule has 10 heteroatoms. The Hall–Kier alpha value is -2.46. The molecule has 0 radical (unpaired) electrons. The highest BCUT2D eigenvalue weighted by atomic mass is 32.2. The van der Waals surface area contributed by atoms with Crippen LogP contribution in [0.25, 0.3) is 0 Å². The molecule has 2 N–H and O–H groups in total. The number of rotatable bonds is 9. The summed E-state index contributed by atoms with van der Waals surface area (Å²) in [5, 5.41) is 11.6. The second-order valence-electron chi connectivity index (χ2n) is 5.55. The molecule has 0 heterocycles. The summed E-state index contributed by atoms with van der Waals surface area (Å²) in [6.07, 6.45) is 0. The molecule has 1 rings (SSSR count). The highest BCUT2D eigenvalue weighted by Gasteiger charge is 2.31. The van der Waals surface area contributed by atoms with Gasteiger partial charge in [0.1, 0.15) is 6.04 Å². The largest absolute Gasteiger partial charge is 0.480 e. The molecule has 0 aromatic heterocycles. The number of amides is 1. The van der Waals surface area contributed by atoms with E-state index in [1.165, 1.54) is 45.2 Å². The number of ether oxygens (including phenoxy) is 1. The molecule has 0 saturated carbocycles. The second kappa shape index (κ2) is 9.30. The SMILES string of the molecule is COC(=O)c1ccc(CS(=O)(=O)N(CCNC(C)=O)C(C)C(=O)O)cc1. The number of nitrogens with one attached hydrogen (secondary N) is 1. The molecular formula is C16H22N2O7S. The van der Waals surface area contributed by atoms with Gasteiger partial charge in [0.05, 0.1) is 18.4 Å². The van der Waals surface area contributed by atoms with Crippen molar-refractivity contribution < 1.29 is 32.6 Å². The fourth-order valence-corrected chi connectivity index (χ4v) is 3.91. The first-order chi connectivity index (χ1) is 12.1. The fraction of sp³-hybridized carbons (Fsp3) is 0.438. The number of methoxy groups -OCH3 is 1. The average molecular weight is 386 g/mol. The maximum absolute atomic E-state index is 12.7. The summed E-state index contributed by atoms with van der Waals surface area (Å²) >= 11 is 0. The minimum Gasteiger partial charge on any atom is -0.480 e. The Bertz CT molecular complexity index is 759. The lowest BCUT2D eigenvalue weighted by Gasteiger charge is -2.25. The second-order valence-corrected chi connectivity index (χ2v) is 7.47. The molecule has 0 aliphatic heterocycles. The van der Waals surface area contributed by atoms with Gasteiger partial charge in [-0.05, 0) is 24.6 Å². The maximum Gasteiger partial charge on any atom is 0.337 e. The maximum atomic E-state index is 12.7. The van der Waals surface area contributed by atoms with Crippen LogP contribution in [0.2, 0.25) is 0 Å². The highest BCUT2D eigenvalue weighted by Crippen LogP contribution is 2.15. The topological polar surface area (TPSA) is 130 Å². The van der Waals surface area contributed by atoms with Gasteiger partial charge in [-0.15, -0.1) is 0 Å². The fourth-order valence-electron chi connectivity index (χ4n) is 2.19. The summed E-state index contributed by atoms with van der Waals surface area (Å²) in [7, 11) is -2.73. The summed E-state index contributed by atoms with van der Waals surface area (Å²) in [5.41, 5.74) is 0.662. The number of carboxylic acid groups (broad SMARTS) is 1. The smallest absolute Gasteiger partial charge is 0.337 e. The molecule has 0 saturated heterocycles. The number of carbonyl (C=O) groups is 3. The van der Waals surface area contributed by atoms with Gasteiger partial charge in [0.15, 0.2) is 0 Å². The Morgan fingerprint density at radius 2 is 1.81 bits per heavy atom. The number of sulfonamides is 1. The van der Waals surface area contributed by atoms with Crippen LogP contribution in [0.15, 0.2) is 24.3 Å². The van der Waals surface area contributed by atoms with Gasteiger partial charge in [-0.3, -0.25) is 9.59 Å². The molecule has 26 heavy (non-hydrogen) atoms. The van der Waals surface area contributed by atoms with Crippen molar-refractivity contribution in [3.63, 3.8) is 0 Å². The number of esters is 1. The van der Waals surface area contributed by atoms with Crippen molar-refractivity contribution in [2.75, 3.05) is 20.2 Å². The van der Waals surface area contributed by atoms with Gasteiger partial charge >= 0.3 is 11.9 Å². The molecular weight excluding hydrogens is 364 g/mol. The van der Waals surface area contributed by atoms with E-state index in [1.807, 2.05) is 0 Å². The number of nitrogens with zero attached hydrogens (tertiary/aromatic N) is 1. The molecule has 1 amide bonds. The van der Waals surface area contributed by atoms with E-state index in [0.29, 0.717) is 5.56 Å². The normalized spacial score (nSPS) is 12.5. The minimum absolute atomic E-state index is 0.00649. The summed E-state index contributed by atoms with van der Waals surface area (Å²) in [4.78, 5) is 33.6. The van der Waals surface area contributed by atoms with Crippen LogP contribution in [0.3, 0.4) is 0 Å². The van der Waals surface area contributed by atoms with Crippen LogP contribution in [0.1, 0.15) is 29.8 Å². The Morgan fingerprint density at radius 3 is 2.27 bits per heavy atom. The van der Waals surface area contributed by atoms with Crippen LogP contribution in [0.4, 0.5) is 0 Å². The van der Waals surface area contributed by atoms with Crippen LogP contribution in [-0.2, 0) is 30.1 Å². The summed E-state index contributed by atoms with van der Waals surface area (Å²) < 4.78 is 30.7. The molecule has 9 nitrogen and oxygen atoms in total. The molecule has 1 aromatic carbocycles. The van der Waals surface area contributed by atoms with E-state index in [1.54, 1.807) is 0 Å². The zero-order valence-corrected chi connectivity index (χ0v) is 15.6. The summed E-state index contributed by atoms with van der Waals surface area (Å²) in [6.45, 7) is 2.36. The van der Waals surface area contributed by atoms with E-state index in [4.69, 9.17) is 0 Å². The highest BCUT2D eigenvalue weighted by molar-refractivity contribution is 7.88. The van der Waals surface area contributed by atoms with Gasteiger partial charge in [0, 0.05) is 20.0 Å². The van der Waals surface area contributed by atoms with Crippen molar-refractivity contribution in [3.05, 3.63) is 35.4 Å². The van der Waals surface area contributed by atoms with Gasteiger partial charge in [-0.25, -0.2) is 13.2 Å². The van der Waals surface area contributed by atoms with E-state index in [0.717, 1.165) is 4.31 Å². The van der Waals surface area contributed by atoms with E-state index in [2.05, 4.69) is 10.1 Å². The van der Waals surface area contributed by atoms with Gasteiger partial charge in [0.2, 0.25) is 15.9 Å². The Balaban J connectivity index is 2.98. The quantitative estimate of drug-likeness (QED) is 0.580. The molecule has 0 spiro atoms. The molecule has 0 aliphatic rings. The van der Waals surface area contributed by atoms with Crippen LogP contribution in [0, 0.1) is 0 Å². The lowest BCUT2D eigenvalue weighted by Crippen LogP contribution is -2.47. The number of hydrogen-bond acceptors (Lipinski definition) is 6. The molecule has 1 unspecified atom stereocenters. The zero-order chi connectivity index (χ0) is 19.9. The molecule has 0 bridgehead atoms. The van der Waals surface area contributed by atoms with Crippen molar-refractivity contribution in [2.45, 2.75) is 25.6 Å². The molecule has 0 aliphatic carbocycles. The van der Waals surface area contributed by atoms with Crippen LogP contribution in [0.5, 0.6) is 0 Å². The number of carbonyl (C=O) groups excluding carboxylic acids is 2. The van der Waals surface area contributed by atoms with Crippen LogP contribution < -0.4 is 5.32 Å². The molecule has 0 fully saturated rings. The number of carboxylic acids is 1. The third-order valence-electron chi connectivity index (χ3n) is 3.58. The van der Waals surface area contributed by atoms with Gasteiger partial charge in [-0.1, -0.05) is 12.1 Å². The van der Waals surface area contributed by atoms with Crippen molar-refractivity contribution in [2.24, 2.45) is 0 Å². The zero-order valence-electron chi connectivity index (χ0n) is 14.8. The summed E-state index contributed by atoms with van der Waals surface area (Å²) in [5.74, 6) is -2.62.